The van der Waals surface area contributed by atoms with Crippen molar-refractivity contribution >= 4 is 12.6 Å². The Morgan fingerprint density at radius 1 is 1.50 bits per heavy atom. The van der Waals surface area contributed by atoms with Crippen molar-refractivity contribution in [2.24, 2.45) is 5.73 Å². The maximum atomic E-state index is 5.09. The van der Waals surface area contributed by atoms with Gasteiger partial charge in [-0.25, -0.2) is 0 Å². The molecule has 0 aromatic rings. The molecule has 0 aromatic heterocycles. The zero-order chi connectivity index (χ0) is 4.83. The van der Waals surface area contributed by atoms with Gasteiger partial charge in [0.15, 0.2) is 0 Å². The summed E-state index contributed by atoms with van der Waals surface area (Å²) in [7, 11) is 0. The van der Waals surface area contributed by atoms with Gasteiger partial charge in [0.2, 0.25) is 0 Å². The smallest absolute Gasteiger partial charge is 0.0107 e. The van der Waals surface area contributed by atoms with Crippen LogP contribution in [0.3, 0.4) is 0 Å². The Morgan fingerprint density at radius 3 is 2.33 bits per heavy atom. The number of nitrogens with two attached hydrogens (primary N) is 1. The summed E-state index contributed by atoms with van der Waals surface area (Å²) in [5.41, 5.74) is 5.09. The molecule has 0 atom stereocenters. The van der Waals surface area contributed by atoms with E-state index in [0.717, 1.165) is 5.75 Å². The molecule has 2 heteroatoms. The fourth-order valence-corrected chi connectivity index (χ4v) is 0.320. The van der Waals surface area contributed by atoms with Gasteiger partial charge in [-0.15, -0.1) is 0 Å². The summed E-state index contributed by atoms with van der Waals surface area (Å²) in [4.78, 5) is 0. The van der Waals surface area contributed by atoms with Crippen LogP contribution in [0, 0.1) is 0 Å². The summed E-state index contributed by atoms with van der Waals surface area (Å²) in [6.07, 6.45) is 3.80. The SMILES string of the molecule is NCC=CCS. The fraction of sp³-hybridized carbons (Fsp3) is 0.500. The molecular weight excluding hydrogens is 94.1 g/mol. The van der Waals surface area contributed by atoms with E-state index in [1.807, 2.05) is 12.2 Å². The van der Waals surface area contributed by atoms with E-state index < -0.39 is 0 Å². The first-order valence-corrected chi connectivity index (χ1v) is 2.51. The van der Waals surface area contributed by atoms with E-state index in [1.54, 1.807) is 0 Å². The standard InChI is InChI=1S/C4H9NS/c5-3-1-2-4-6/h1-2,6H,3-5H2. The molecule has 1 nitrogen and oxygen atoms in total. The number of thiol groups is 1. The lowest BCUT2D eigenvalue weighted by Crippen LogP contribution is -1.91. The second-order valence-electron chi connectivity index (χ2n) is 0.890. The number of hydrogen-bond acceptors (Lipinski definition) is 2. The second-order valence-corrected chi connectivity index (χ2v) is 1.25. The summed E-state index contributed by atoms with van der Waals surface area (Å²) in [5, 5.41) is 0. The zero-order valence-corrected chi connectivity index (χ0v) is 4.49. The van der Waals surface area contributed by atoms with E-state index in [1.165, 1.54) is 0 Å². The molecule has 0 aliphatic rings. The van der Waals surface area contributed by atoms with Gasteiger partial charge in [-0.05, 0) is 0 Å². The summed E-state index contributed by atoms with van der Waals surface area (Å²) in [5.74, 6) is 0.789. The van der Waals surface area contributed by atoms with Gasteiger partial charge in [-0.3, -0.25) is 0 Å². The van der Waals surface area contributed by atoms with Gasteiger partial charge < -0.3 is 5.73 Å². The highest BCUT2D eigenvalue weighted by Gasteiger charge is 1.60. The van der Waals surface area contributed by atoms with E-state index in [4.69, 9.17) is 5.73 Å². The highest BCUT2D eigenvalue weighted by molar-refractivity contribution is 7.80. The normalized spacial score (nSPS) is 10.3. The molecule has 0 saturated heterocycles. The average molecular weight is 103 g/mol. The molecule has 0 amide bonds. The maximum absolute atomic E-state index is 5.09. The zero-order valence-electron chi connectivity index (χ0n) is 3.59. The molecule has 0 aliphatic heterocycles. The lowest BCUT2D eigenvalue weighted by molar-refractivity contribution is 1.25. The van der Waals surface area contributed by atoms with Gasteiger partial charge >= 0.3 is 0 Å². The molecule has 0 aromatic carbocycles. The van der Waals surface area contributed by atoms with Gasteiger partial charge in [0.05, 0.1) is 0 Å². The Morgan fingerprint density at radius 2 is 2.17 bits per heavy atom. The third kappa shape index (κ3) is 4.05. The molecule has 0 unspecified atom stereocenters. The lowest BCUT2D eigenvalue weighted by atomic mass is 10.5. The van der Waals surface area contributed by atoms with Crippen LogP contribution in [0.25, 0.3) is 0 Å². The van der Waals surface area contributed by atoms with E-state index in [9.17, 15) is 0 Å². The van der Waals surface area contributed by atoms with Crippen molar-refractivity contribution in [3.63, 3.8) is 0 Å². The van der Waals surface area contributed by atoms with E-state index >= 15 is 0 Å². The van der Waals surface area contributed by atoms with Crippen LogP contribution in [0.5, 0.6) is 0 Å². The van der Waals surface area contributed by atoms with E-state index in [-0.39, 0.29) is 0 Å². The predicted molar refractivity (Wildman–Crippen MR) is 32.0 cm³/mol. The Balaban J connectivity index is 2.73. The topological polar surface area (TPSA) is 26.0 Å². The van der Waals surface area contributed by atoms with Crippen LogP contribution in [-0.2, 0) is 0 Å². The Kier molecular flexibility index (Phi) is 5.09. The van der Waals surface area contributed by atoms with Gasteiger partial charge in [0.25, 0.3) is 0 Å². The third-order valence-corrected chi connectivity index (χ3v) is 0.619. The minimum absolute atomic E-state index is 0.626. The summed E-state index contributed by atoms with van der Waals surface area (Å²) in [6.45, 7) is 0.626. The van der Waals surface area contributed by atoms with Crippen molar-refractivity contribution in [1.29, 1.82) is 0 Å². The quantitative estimate of drug-likeness (QED) is 0.385. The van der Waals surface area contributed by atoms with Crippen molar-refractivity contribution in [3.8, 4) is 0 Å². The predicted octanol–water partition coefficient (Wildman–Crippen LogP) is 0.431. The minimum Gasteiger partial charge on any atom is -0.327 e. The van der Waals surface area contributed by atoms with Crippen molar-refractivity contribution in [2.75, 3.05) is 12.3 Å². The molecule has 0 spiro atoms. The van der Waals surface area contributed by atoms with Crippen molar-refractivity contribution < 1.29 is 0 Å². The first-order valence-electron chi connectivity index (χ1n) is 1.87. The summed E-state index contributed by atoms with van der Waals surface area (Å²) < 4.78 is 0. The lowest BCUT2D eigenvalue weighted by Gasteiger charge is -1.73. The highest BCUT2D eigenvalue weighted by atomic mass is 32.1. The van der Waals surface area contributed by atoms with Crippen LogP contribution < -0.4 is 5.73 Å². The first-order chi connectivity index (χ1) is 2.91. The number of hydrogen-bond donors (Lipinski definition) is 2. The van der Waals surface area contributed by atoms with Crippen molar-refractivity contribution in [3.05, 3.63) is 12.2 Å². The molecule has 0 radical (unpaired) electrons. The van der Waals surface area contributed by atoms with Crippen LogP contribution in [0.4, 0.5) is 0 Å². The average Bonchev–Trinajstić information content (AvgIpc) is 1.61. The van der Waals surface area contributed by atoms with Crippen LogP contribution in [0.1, 0.15) is 0 Å². The molecule has 0 rings (SSSR count). The van der Waals surface area contributed by atoms with Gasteiger partial charge in [-0.1, -0.05) is 12.2 Å². The summed E-state index contributed by atoms with van der Waals surface area (Å²) >= 11 is 3.91. The van der Waals surface area contributed by atoms with Crippen molar-refractivity contribution in [2.45, 2.75) is 0 Å². The Labute approximate surface area is 43.6 Å². The van der Waals surface area contributed by atoms with E-state index in [0.29, 0.717) is 6.54 Å². The molecule has 6 heavy (non-hydrogen) atoms. The molecule has 0 saturated carbocycles. The van der Waals surface area contributed by atoms with Crippen molar-refractivity contribution in [1.82, 2.24) is 0 Å². The monoisotopic (exact) mass is 103 g/mol. The third-order valence-electron chi connectivity index (χ3n) is 0.408. The van der Waals surface area contributed by atoms with Crippen LogP contribution in [0.15, 0.2) is 12.2 Å². The fourth-order valence-electron chi connectivity index (χ4n) is 0.171. The van der Waals surface area contributed by atoms with Crippen LogP contribution >= 0.6 is 12.6 Å². The van der Waals surface area contributed by atoms with Gasteiger partial charge in [0.1, 0.15) is 0 Å². The first kappa shape index (κ1) is 6.05. The Hall–Kier alpha value is 0.0500. The van der Waals surface area contributed by atoms with E-state index in [2.05, 4.69) is 12.6 Å². The number of rotatable bonds is 2. The Bertz CT molecular complexity index is 36.8. The molecule has 0 heterocycles. The second kappa shape index (κ2) is 5.05. The van der Waals surface area contributed by atoms with Crippen LogP contribution in [0.2, 0.25) is 0 Å². The molecule has 36 valence electrons. The maximum Gasteiger partial charge on any atom is 0.0107 e. The molecule has 0 aliphatic carbocycles. The van der Waals surface area contributed by atoms with Crippen LogP contribution in [-0.4, -0.2) is 12.3 Å². The largest absolute Gasteiger partial charge is 0.327 e. The molecular formula is C4H9NS. The molecule has 2 N–H and O–H groups in total. The molecule has 0 bridgehead atoms. The molecule has 0 fully saturated rings. The van der Waals surface area contributed by atoms with Gasteiger partial charge in [0, 0.05) is 12.3 Å². The summed E-state index contributed by atoms with van der Waals surface area (Å²) in [6, 6.07) is 0. The minimum atomic E-state index is 0.626. The highest BCUT2D eigenvalue weighted by Crippen LogP contribution is 1.72. The van der Waals surface area contributed by atoms with Gasteiger partial charge in [-0.2, -0.15) is 12.6 Å².